The highest BCUT2D eigenvalue weighted by molar-refractivity contribution is 5.89. The lowest BCUT2D eigenvalue weighted by molar-refractivity contribution is -0.0498. The van der Waals surface area contributed by atoms with Crippen LogP contribution in [0.15, 0.2) is 54.6 Å². The lowest BCUT2D eigenvalue weighted by Crippen LogP contribution is -2.13. The topological polar surface area (TPSA) is 9.23 Å². The molecule has 0 heterocycles. The summed E-state index contributed by atoms with van der Waals surface area (Å²) in [7, 11) is 0. The Morgan fingerprint density at radius 1 is 0.853 bits per heavy atom. The molecule has 3 aromatic rings. The average Bonchev–Trinajstić information content (AvgIpc) is 2.85. The summed E-state index contributed by atoms with van der Waals surface area (Å²) in [5.74, 6) is 1.22. The first-order valence-corrected chi connectivity index (χ1v) is 12.8. The standard InChI is InChI=1S/C30H35F3O/c1-2-3-4-5-6-7-21-8-10-22(11-9-21)24-14-18-28-25(20-24)15-19-27(29(28)31)23-12-16-26(17-13-23)34-30(32)33/h12-22,30H,2-11H2,1H3. The zero-order valence-corrected chi connectivity index (χ0v) is 20.0. The van der Waals surface area contributed by atoms with Crippen LogP contribution in [0.4, 0.5) is 13.2 Å². The van der Waals surface area contributed by atoms with Gasteiger partial charge in [-0.1, -0.05) is 87.9 Å². The average molecular weight is 469 g/mol. The monoisotopic (exact) mass is 468 g/mol. The molecule has 4 rings (SSSR count). The minimum Gasteiger partial charge on any atom is -0.435 e. The molecule has 1 fully saturated rings. The molecule has 1 nitrogen and oxygen atoms in total. The van der Waals surface area contributed by atoms with Crippen LogP contribution in [0.25, 0.3) is 21.9 Å². The number of alkyl halides is 2. The van der Waals surface area contributed by atoms with E-state index in [4.69, 9.17) is 0 Å². The largest absolute Gasteiger partial charge is 0.435 e. The van der Waals surface area contributed by atoms with Crippen LogP contribution >= 0.6 is 0 Å². The van der Waals surface area contributed by atoms with Crippen molar-refractivity contribution in [3.8, 4) is 16.9 Å². The predicted molar refractivity (Wildman–Crippen MR) is 134 cm³/mol. The van der Waals surface area contributed by atoms with Gasteiger partial charge >= 0.3 is 6.61 Å². The number of fused-ring (bicyclic) bond motifs is 1. The molecule has 0 aliphatic heterocycles. The zero-order chi connectivity index (χ0) is 23.9. The van der Waals surface area contributed by atoms with E-state index in [1.54, 1.807) is 18.2 Å². The van der Waals surface area contributed by atoms with Crippen LogP contribution in [0, 0.1) is 11.7 Å². The molecule has 182 valence electrons. The zero-order valence-electron chi connectivity index (χ0n) is 20.0. The van der Waals surface area contributed by atoms with Crippen molar-refractivity contribution in [3.05, 3.63) is 66.0 Å². The van der Waals surface area contributed by atoms with E-state index in [-0.39, 0.29) is 11.6 Å². The Kier molecular flexibility index (Phi) is 8.53. The summed E-state index contributed by atoms with van der Waals surface area (Å²) in [6.07, 6.45) is 13.2. The molecule has 34 heavy (non-hydrogen) atoms. The van der Waals surface area contributed by atoms with Gasteiger partial charge in [-0.25, -0.2) is 4.39 Å². The summed E-state index contributed by atoms with van der Waals surface area (Å²) in [5.41, 5.74) is 2.41. The van der Waals surface area contributed by atoms with E-state index in [0.29, 0.717) is 22.4 Å². The molecule has 0 radical (unpaired) electrons. The molecule has 0 spiro atoms. The number of rotatable bonds is 10. The van der Waals surface area contributed by atoms with Crippen LogP contribution in [0.2, 0.25) is 0 Å². The van der Waals surface area contributed by atoms with Gasteiger partial charge in [0.2, 0.25) is 0 Å². The normalized spacial score (nSPS) is 18.5. The Morgan fingerprint density at radius 2 is 1.59 bits per heavy atom. The molecule has 0 aromatic heterocycles. The first-order valence-electron chi connectivity index (χ1n) is 12.8. The fourth-order valence-electron chi connectivity index (χ4n) is 5.42. The van der Waals surface area contributed by atoms with Crippen molar-refractivity contribution in [3.63, 3.8) is 0 Å². The minimum atomic E-state index is -2.87. The molecular formula is C30H35F3O. The lowest BCUT2D eigenvalue weighted by Gasteiger charge is -2.29. The van der Waals surface area contributed by atoms with Crippen molar-refractivity contribution in [1.29, 1.82) is 0 Å². The van der Waals surface area contributed by atoms with Gasteiger partial charge in [-0.3, -0.25) is 0 Å². The van der Waals surface area contributed by atoms with Gasteiger partial charge in [0.1, 0.15) is 11.6 Å². The quantitative estimate of drug-likeness (QED) is 0.269. The van der Waals surface area contributed by atoms with Gasteiger partial charge in [0.05, 0.1) is 0 Å². The summed E-state index contributed by atoms with van der Waals surface area (Å²) >= 11 is 0. The van der Waals surface area contributed by atoms with Crippen molar-refractivity contribution >= 4 is 10.8 Å². The first-order chi connectivity index (χ1) is 16.5. The second kappa shape index (κ2) is 11.8. The molecule has 1 aliphatic rings. The van der Waals surface area contributed by atoms with E-state index in [1.165, 1.54) is 81.9 Å². The molecular weight excluding hydrogens is 433 g/mol. The number of hydrogen-bond donors (Lipinski definition) is 0. The summed E-state index contributed by atoms with van der Waals surface area (Å²) in [5, 5.41) is 1.50. The highest BCUT2D eigenvalue weighted by Crippen LogP contribution is 2.39. The van der Waals surface area contributed by atoms with E-state index in [2.05, 4.69) is 23.8 Å². The summed E-state index contributed by atoms with van der Waals surface area (Å²) < 4.78 is 44.5. The van der Waals surface area contributed by atoms with Crippen LogP contribution in [-0.4, -0.2) is 6.61 Å². The van der Waals surface area contributed by atoms with Crippen LogP contribution in [0.1, 0.15) is 82.6 Å². The summed E-state index contributed by atoms with van der Waals surface area (Å²) in [6, 6.07) is 16.0. The molecule has 0 saturated heterocycles. The minimum absolute atomic E-state index is 0.0656. The molecule has 1 aliphatic carbocycles. The van der Waals surface area contributed by atoms with Gasteiger partial charge in [-0.2, -0.15) is 8.78 Å². The Labute approximate surface area is 201 Å². The Hall–Kier alpha value is -2.49. The maximum atomic E-state index is 15.3. The second-order valence-electron chi connectivity index (χ2n) is 9.73. The van der Waals surface area contributed by atoms with Crippen molar-refractivity contribution in [2.45, 2.75) is 83.7 Å². The number of halogens is 3. The maximum absolute atomic E-state index is 15.3. The van der Waals surface area contributed by atoms with Gasteiger partial charge in [-0.15, -0.1) is 0 Å². The molecule has 0 N–H and O–H groups in total. The van der Waals surface area contributed by atoms with Crippen molar-refractivity contribution in [2.75, 3.05) is 0 Å². The predicted octanol–water partition coefficient (Wildman–Crippen LogP) is 9.88. The Bertz CT molecular complexity index is 1050. The van der Waals surface area contributed by atoms with Crippen molar-refractivity contribution in [2.24, 2.45) is 5.92 Å². The van der Waals surface area contributed by atoms with E-state index in [1.807, 2.05) is 12.1 Å². The van der Waals surface area contributed by atoms with Gasteiger partial charge in [0.15, 0.2) is 0 Å². The van der Waals surface area contributed by atoms with E-state index in [0.717, 1.165) is 11.3 Å². The molecule has 0 atom stereocenters. The fourth-order valence-corrected chi connectivity index (χ4v) is 5.42. The molecule has 0 unspecified atom stereocenters. The molecule has 1 saturated carbocycles. The first kappa shape index (κ1) is 24.6. The van der Waals surface area contributed by atoms with E-state index < -0.39 is 6.61 Å². The third-order valence-electron chi connectivity index (χ3n) is 7.40. The van der Waals surface area contributed by atoms with Crippen LogP contribution in [0.5, 0.6) is 5.75 Å². The highest BCUT2D eigenvalue weighted by Gasteiger charge is 2.22. The number of hydrogen-bond acceptors (Lipinski definition) is 1. The number of ether oxygens (including phenoxy) is 1. The molecule has 4 heteroatoms. The Morgan fingerprint density at radius 3 is 2.29 bits per heavy atom. The van der Waals surface area contributed by atoms with Crippen molar-refractivity contribution in [1.82, 2.24) is 0 Å². The van der Waals surface area contributed by atoms with E-state index >= 15 is 4.39 Å². The van der Waals surface area contributed by atoms with Gasteiger partial charge in [0, 0.05) is 10.9 Å². The lowest BCUT2D eigenvalue weighted by atomic mass is 9.76. The number of benzene rings is 3. The van der Waals surface area contributed by atoms with Gasteiger partial charge < -0.3 is 4.74 Å². The molecule has 0 amide bonds. The smallest absolute Gasteiger partial charge is 0.387 e. The third kappa shape index (κ3) is 6.14. The summed E-state index contributed by atoms with van der Waals surface area (Å²) in [4.78, 5) is 0. The Balaban J connectivity index is 1.40. The SMILES string of the molecule is CCCCCCCC1CCC(c2ccc3c(F)c(-c4ccc(OC(F)F)cc4)ccc3c2)CC1. The van der Waals surface area contributed by atoms with Crippen LogP contribution < -0.4 is 4.74 Å². The van der Waals surface area contributed by atoms with Gasteiger partial charge in [0.25, 0.3) is 0 Å². The van der Waals surface area contributed by atoms with Crippen LogP contribution in [0.3, 0.4) is 0 Å². The van der Waals surface area contributed by atoms with E-state index in [9.17, 15) is 8.78 Å². The number of unbranched alkanes of at least 4 members (excludes halogenated alkanes) is 4. The fraction of sp³-hybridized carbons (Fsp3) is 0.467. The molecule has 3 aromatic carbocycles. The van der Waals surface area contributed by atoms with Crippen LogP contribution in [-0.2, 0) is 0 Å². The summed E-state index contributed by atoms with van der Waals surface area (Å²) in [6.45, 7) is -0.612. The second-order valence-corrected chi connectivity index (χ2v) is 9.73. The molecule has 0 bridgehead atoms. The third-order valence-corrected chi connectivity index (χ3v) is 7.40. The maximum Gasteiger partial charge on any atom is 0.387 e. The highest BCUT2D eigenvalue weighted by atomic mass is 19.3. The van der Waals surface area contributed by atoms with Crippen molar-refractivity contribution < 1.29 is 17.9 Å². The van der Waals surface area contributed by atoms with Gasteiger partial charge in [-0.05, 0) is 66.2 Å².